The summed E-state index contributed by atoms with van der Waals surface area (Å²) in [4.78, 5) is 0. The maximum Gasteiger partial charge on any atom is 0.136 e. The van der Waals surface area contributed by atoms with Crippen molar-refractivity contribution in [3.05, 3.63) is 182 Å². The molecule has 0 saturated carbocycles. The molecule has 10 aromatic carbocycles. The summed E-state index contributed by atoms with van der Waals surface area (Å²) in [5, 5.41) is 14.7. The van der Waals surface area contributed by atoms with Crippen LogP contribution in [0.2, 0.25) is 0 Å². The molecule has 0 aliphatic carbocycles. The molecule has 11 rings (SSSR count). The molecule has 236 valence electrons. The van der Waals surface area contributed by atoms with E-state index in [1.165, 1.54) is 81.7 Å². The van der Waals surface area contributed by atoms with Crippen molar-refractivity contribution in [1.29, 1.82) is 0 Å². The molecule has 0 N–H and O–H groups in total. The van der Waals surface area contributed by atoms with Crippen LogP contribution >= 0.6 is 0 Å². The van der Waals surface area contributed by atoms with E-state index in [1.807, 2.05) is 0 Å². The third-order valence-electron chi connectivity index (χ3n) is 10.8. The molecule has 0 aliphatic heterocycles. The minimum atomic E-state index is 0.909. The van der Waals surface area contributed by atoms with Gasteiger partial charge in [0, 0.05) is 10.8 Å². The zero-order chi connectivity index (χ0) is 33.5. The summed E-state index contributed by atoms with van der Waals surface area (Å²) in [7, 11) is 0. The molecule has 51 heavy (non-hydrogen) atoms. The summed E-state index contributed by atoms with van der Waals surface area (Å²) in [6.07, 6.45) is 0. The Labute approximate surface area is 294 Å². The molecule has 1 aromatic heterocycles. The van der Waals surface area contributed by atoms with Gasteiger partial charge >= 0.3 is 0 Å². The molecule has 0 amide bonds. The summed E-state index contributed by atoms with van der Waals surface area (Å²) in [5.74, 6) is 0. The third-order valence-corrected chi connectivity index (χ3v) is 10.8. The summed E-state index contributed by atoms with van der Waals surface area (Å²) >= 11 is 0. The van der Waals surface area contributed by atoms with E-state index in [0.717, 1.165) is 27.5 Å². The number of fused-ring (bicyclic) bond motifs is 8. The number of hydrogen-bond acceptors (Lipinski definition) is 1. The molecule has 0 saturated heterocycles. The van der Waals surface area contributed by atoms with Crippen LogP contribution in [0.3, 0.4) is 0 Å². The van der Waals surface area contributed by atoms with Gasteiger partial charge in [0.1, 0.15) is 11.2 Å². The Morgan fingerprint density at radius 3 is 1.39 bits per heavy atom. The molecular formula is C50H30O. The molecule has 0 atom stereocenters. The molecule has 11 aromatic rings. The van der Waals surface area contributed by atoms with Gasteiger partial charge in [-0.3, -0.25) is 0 Å². The van der Waals surface area contributed by atoms with Crippen LogP contribution in [0, 0.1) is 0 Å². The lowest BCUT2D eigenvalue weighted by Gasteiger charge is -2.20. The van der Waals surface area contributed by atoms with E-state index in [1.54, 1.807) is 0 Å². The SMILES string of the molecule is c1ccc2cc3c(cc2c1)oc1cc(-c2ccc(-c4c5ccccc5c(-c5cccc6ccccc56)c5ccccc45)c4ccccc24)ccc13. The van der Waals surface area contributed by atoms with Crippen molar-refractivity contribution in [1.82, 2.24) is 0 Å². The molecule has 1 heteroatoms. The predicted molar refractivity (Wildman–Crippen MR) is 218 cm³/mol. The average Bonchev–Trinajstić information content (AvgIpc) is 3.55. The fourth-order valence-electron chi connectivity index (χ4n) is 8.55. The van der Waals surface area contributed by atoms with Crippen molar-refractivity contribution in [2.45, 2.75) is 0 Å². The van der Waals surface area contributed by atoms with Gasteiger partial charge in [0.15, 0.2) is 0 Å². The van der Waals surface area contributed by atoms with Gasteiger partial charge in [0.25, 0.3) is 0 Å². The van der Waals surface area contributed by atoms with Gasteiger partial charge in [0.2, 0.25) is 0 Å². The normalized spacial score (nSPS) is 11.9. The van der Waals surface area contributed by atoms with Gasteiger partial charge < -0.3 is 4.42 Å². The maximum absolute atomic E-state index is 6.50. The van der Waals surface area contributed by atoms with Gasteiger partial charge in [-0.15, -0.1) is 0 Å². The Bertz CT molecular complexity index is 3130. The maximum atomic E-state index is 6.50. The van der Waals surface area contributed by atoms with E-state index >= 15 is 0 Å². The van der Waals surface area contributed by atoms with E-state index in [4.69, 9.17) is 4.42 Å². The topological polar surface area (TPSA) is 13.1 Å². The van der Waals surface area contributed by atoms with Crippen molar-refractivity contribution in [3.8, 4) is 33.4 Å². The first-order valence-corrected chi connectivity index (χ1v) is 17.6. The van der Waals surface area contributed by atoms with Crippen molar-refractivity contribution in [3.63, 3.8) is 0 Å². The van der Waals surface area contributed by atoms with Gasteiger partial charge in [-0.1, -0.05) is 158 Å². The van der Waals surface area contributed by atoms with E-state index in [9.17, 15) is 0 Å². The largest absolute Gasteiger partial charge is 0.456 e. The van der Waals surface area contributed by atoms with Gasteiger partial charge in [-0.05, 0) is 112 Å². The first kappa shape index (κ1) is 28.2. The van der Waals surface area contributed by atoms with Crippen molar-refractivity contribution in [2.75, 3.05) is 0 Å². The average molecular weight is 647 g/mol. The predicted octanol–water partition coefficient (Wildman–Crippen LogP) is 14.4. The molecule has 1 nitrogen and oxygen atoms in total. The summed E-state index contributed by atoms with van der Waals surface area (Å²) in [5.41, 5.74) is 9.24. The number of benzene rings is 10. The highest BCUT2D eigenvalue weighted by Crippen LogP contribution is 2.47. The third kappa shape index (κ3) is 4.22. The fraction of sp³-hybridized carbons (Fsp3) is 0. The lowest BCUT2D eigenvalue weighted by Crippen LogP contribution is -1.93. The highest BCUT2D eigenvalue weighted by atomic mass is 16.3. The quantitative estimate of drug-likeness (QED) is 0.174. The van der Waals surface area contributed by atoms with E-state index in [-0.39, 0.29) is 0 Å². The Kier molecular flexibility index (Phi) is 6.02. The number of rotatable bonds is 3. The second-order valence-electron chi connectivity index (χ2n) is 13.6. The molecule has 1 heterocycles. The molecule has 0 radical (unpaired) electrons. The Morgan fingerprint density at radius 1 is 0.255 bits per heavy atom. The van der Waals surface area contributed by atoms with E-state index < -0.39 is 0 Å². The molecule has 0 unspecified atom stereocenters. The number of furan rings is 1. The molecule has 0 bridgehead atoms. The standard InChI is InChI=1S/C50H30O/c1-2-14-33-29-48-46(28-32(33)13-1)39-25-24-34(30-47(39)51-48)36-26-27-45(38-18-6-5-17-37(36)38)50-43-21-9-7-19-41(43)49(42-20-8-10-22-44(42)50)40-23-11-15-31-12-3-4-16-35(31)40/h1-30H. The second-order valence-corrected chi connectivity index (χ2v) is 13.6. The lowest BCUT2D eigenvalue weighted by atomic mass is 9.83. The zero-order valence-electron chi connectivity index (χ0n) is 27.7. The van der Waals surface area contributed by atoms with Crippen LogP contribution in [0.5, 0.6) is 0 Å². The number of hydrogen-bond donors (Lipinski definition) is 0. The van der Waals surface area contributed by atoms with Crippen LogP contribution in [0.1, 0.15) is 0 Å². The first-order valence-electron chi connectivity index (χ1n) is 17.6. The highest BCUT2D eigenvalue weighted by molar-refractivity contribution is 6.26. The summed E-state index contributed by atoms with van der Waals surface area (Å²) < 4.78 is 6.50. The molecule has 0 spiro atoms. The Morgan fingerprint density at radius 2 is 0.725 bits per heavy atom. The summed E-state index contributed by atoms with van der Waals surface area (Å²) in [6, 6.07) is 66.4. The fourth-order valence-corrected chi connectivity index (χ4v) is 8.55. The van der Waals surface area contributed by atoms with Crippen molar-refractivity contribution in [2.24, 2.45) is 0 Å². The van der Waals surface area contributed by atoms with E-state index in [2.05, 4.69) is 182 Å². The minimum absolute atomic E-state index is 0.909. The van der Waals surface area contributed by atoms with Gasteiger partial charge in [0.05, 0.1) is 0 Å². The highest BCUT2D eigenvalue weighted by Gasteiger charge is 2.20. The van der Waals surface area contributed by atoms with Crippen LogP contribution in [0.4, 0.5) is 0 Å². The van der Waals surface area contributed by atoms with E-state index in [0.29, 0.717) is 0 Å². The molecule has 0 aliphatic rings. The van der Waals surface area contributed by atoms with Crippen LogP contribution in [0.25, 0.3) is 109 Å². The minimum Gasteiger partial charge on any atom is -0.456 e. The van der Waals surface area contributed by atoms with Crippen molar-refractivity contribution < 1.29 is 4.42 Å². The Balaban J connectivity index is 1.15. The van der Waals surface area contributed by atoms with Crippen LogP contribution in [-0.4, -0.2) is 0 Å². The molecule has 0 fully saturated rings. The van der Waals surface area contributed by atoms with Gasteiger partial charge in [-0.25, -0.2) is 0 Å². The summed E-state index contributed by atoms with van der Waals surface area (Å²) in [6.45, 7) is 0. The Hall–Kier alpha value is -6.70. The van der Waals surface area contributed by atoms with Crippen LogP contribution in [0.15, 0.2) is 186 Å². The smallest absolute Gasteiger partial charge is 0.136 e. The van der Waals surface area contributed by atoms with Crippen LogP contribution < -0.4 is 0 Å². The first-order chi connectivity index (χ1) is 25.3. The zero-order valence-corrected chi connectivity index (χ0v) is 27.7. The molecular weight excluding hydrogens is 617 g/mol. The van der Waals surface area contributed by atoms with Gasteiger partial charge in [-0.2, -0.15) is 0 Å². The monoisotopic (exact) mass is 646 g/mol. The lowest BCUT2D eigenvalue weighted by molar-refractivity contribution is 0.669. The van der Waals surface area contributed by atoms with Crippen molar-refractivity contribution >= 4 is 75.8 Å². The second kappa shape index (κ2) is 10.9. The van der Waals surface area contributed by atoms with Crippen LogP contribution in [-0.2, 0) is 0 Å².